The summed E-state index contributed by atoms with van der Waals surface area (Å²) in [4.78, 5) is 0. The summed E-state index contributed by atoms with van der Waals surface area (Å²) in [7, 11) is 0. The number of aliphatic hydroxyl groups excluding tert-OH is 1. The van der Waals surface area contributed by atoms with E-state index in [1.165, 1.54) is 0 Å². The molecular weight excluding hydrogens is 238 g/mol. The van der Waals surface area contributed by atoms with Crippen molar-refractivity contribution >= 4 is 0 Å². The highest BCUT2D eigenvalue weighted by molar-refractivity contribution is 5.21. The van der Waals surface area contributed by atoms with Crippen LogP contribution in [0, 0.1) is 0 Å². The molecule has 6 heteroatoms. The highest BCUT2D eigenvalue weighted by atomic mass is 19.3. The molecular formula is C11H13F4NO. The molecule has 1 rings (SSSR count). The van der Waals surface area contributed by atoms with Gasteiger partial charge in [-0.25, -0.2) is 8.78 Å². The molecule has 0 radical (unpaired) electrons. The summed E-state index contributed by atoms with van der Waals surface area (Å²) >= 11 is 0. The molecule has 0 bridgehead atoms. The Morgan fingerprint density at radius 2 is 1.65 bits per heavy atom. The molecule has 0 saturated carbocycles. The topological polar surface area (TPSA) is 32.3 Å². The lowest BCUT2D eigenvalue weighted by Crippen LogP contribution is -2.38. The number of halogens is 4. The molecule has 2 nitrogen and oxygen atoms in total. The zero-order valence-electron chi connectivity index (χ0n) is 8.97. The molecule has 0 fully saturated rings. The number of benzene rings is 1. The van der Waals surface area contributed by atoms with E-state index in [0.717, 1.165) is 0 Å². The normalized spacial score (nSPS) is 12.1. The largest absolute Gasteiger partial charge is 0.392 e. The Morgan fingerprint density at radius 3 is 2.12 bits per heavy atom. The molecule has 0 unspecified atom stereocenters. The van der Waals surface area contributed by atoms with Gasteiger partial charge in [-0.3, -0.25) is 0 Å². The lowest BCUT2D eigenvalue weighted by molar-refractivity contribution is -0.125. The van der Waals surface area contributed by atoms with E-state index in [-0.39, 0.29) is 13.2 Å². The van der Waals surface area contributed by atoms with Crippen molar-refractivity contribution in [2.45, 2.75) is 25.5 Å². The number of rotatable bonds is 6. The SMILES string of the molecule is OCc1ccc(CNCC(F)(F)C(F)F)cc1. The molecule has 0 aromatic heterocycles. The Hall–Kier alpha value is -1.14. The van der Waals surface area contributed by atoms with Crippen LogP contribution in [-0.4, -0.2) is 24.0 Å². The van der Waals surface area contributed by atoms with Gasteiger partial charge in [0.05, 0.1) is 13.2 Å². The number of aliphatic hydroxyl groups is 1. The minimum atomic E-state index is -4.01. The highest BCUT2D eigenvalue weighted by Gasteiger charge is 2.39. The van der Waals surface area contributed by atoms with Gasteiger partial charge < -0.3 is 10.4 Å². The summed E-state index contributed by atoms with van der Waals surface area (Å²) in [6, 6.07) is 6.56. The van der Waals surface area contributed by atoms with E-state index in [0.29, 0.717) is 11.1 Å². The number of nitrogens with one attached hydrogen (secondary N) is 1. The van der Waals surface area contributed by atoms with Crippen LogP contribution in [0.1, 0.15) is 11.1 Å². The van der Waals surface area contributed by atoms with Gasteiger partial charge in [-0.2, -0.15) is 8.78 Å². The third kappa shape index (κ3) is 4.32. The second-order valence-electron chi connectivity index (χ2n) is 3.64. The van der Waals surface area contributed by atoms with Crippen LogP contribution in [0.25, 0.3) is 0 Å². The van der Waals surface area contributed by atoms with Crippen LogP contribution in [0.15, 0.2) is 24.3 Å². The average molecular weight is 251 g/mol. The van der Waals surface area contributed by atoms with Crippen LogP contribution < -0.4 is 5.32 Å². The standard InChI is InChI=1S/C11H13F4NO/c12-10(13)11(14,15)7-16-5-8-1-3-9(6-17)4-2-8/h1-4,10,16-17H,5-7H2. The second kappa shape index (κ2) is 5.97. The third-order valence-corrected chi connectivity index (χ3v) is 2.21. The van der Waals surface area contributed by atoms with Gasteiger partial charge in [0.25, 0.3) is 0 Å². The monoisotopic (exact) mass is 251 g/mol. The van der Waals surface area contributed by atoms with Crippen molar-refractivity contribution in [2.24, 2.45) is 0 Å². The van der Waals surface area contributed by atoms with Crippen LogP contribution in [0.5, 0.6) is 0 Å². The average Bonchev–Trinajstić information content (AvgIpc) is 2.29. The predicted octanol–water partition coefficient (Wildman–Crippen LogP) is 2.17. The first kappa shape index (κ1) is 13.9. The summed E-state index contributed by atoms with van der Waals surface area (Å²) in [5.74, 6) is -4.01. The predicted molar refractivity (Wildman–Crippen MR) is 55.0 cm³/mol. The molecule has 2 N–H and O–H groups in total. The first-order valence-electron chi connectivity index (χ1n) is 5.01. The summed E-state index contributed by atoms with van der Waals surface area (Å²) in [6.45, 7) is -1.09. The van der Waals surface area contributed by atoms with Crippen LogP contribution >= 0.6 is 0 Å². The van der Waals surface area contributed by atoms with Crippen molar-refractivity contribution in [3.63, 3.8) is 0 Å². The van der Waals surface area contributed by atoms with E-state index in [1.54, 1.807) is 24.3 Å². The van der Waals surface area contributed by atoms with Crippen LogP contribution in [0.4, 0.5) is 17.6 Å². The summed E-state index contributed by atoms with van der Waals surface area (Å²) in [5, 5.41) is 11.0. The fourth-order valence-electron chi connectivity index (χ4n) is 1.21. The van der Waals surface area contributed by atoms with Crippen molar-refractivity contribution in [3.05, 3.63) is 35.4 Å². The van der Waals surface area contributed by atoms with Gasteiger partial charge in [-0.05, 0) is 11.1 Å². The van der Waals surface area contributed by atoms with Crippen molar-refractivity contribution in [1.29, 1.82) is 0 Å². The molecule has 0 aliphatic heterocycles. The first-order valence-corrected chi connectivity index (χ1v) is 5.01. The molecule has 1 aromatic carbocycles. The van der Waals surface area contributed by atoms with E-state index in [2.05, 4.69) is 5.32 Å². The quantitative estimate of drug-likeness (QED) is 0.759. The molecule has 0 aliphatic carbocycles. The minimum Gasteiger partial charge on any atom is -0.392 e. The Morgan fingerprint density at radius 1 is 1.12 bits per heavy atom. The summed E-state index contributed by atoms with van der Waals surface area (Å²) in [6.07, 6.45) is -3.66. The third-order valence-electron chi connectivity index (χ3n) is 2.21. The molecule has 96 valence electrons. The highest BCUT2D eigenvalue weighted by Crippen LogP contribution is 2.21. The van der Waals surface area contributed by atoms with Crippen molar-refractivity contribution < 1.29 is 22.7 Å². The van der Waals surface area contributed by atoms with E-state index >= 15 is 0 Å². The van der Waals surface area contributed by atoms with Crippen LogP contribution in [0.2, 0.25) is 0 Å². The molecule has 1 aromatic rings. The molecule has 0 amide bonds. The Bertz CT molecular complexity index is 340. The summed E-state index contributed by atoms with van der Waals surface area (Å²) in [5.41, 5.74) is 1.39. The van der Waals surface area contributed by atoms with E-state index in [4.69, 9.17) is 5.11 Å². The molecule has 17 heavy (non-hydrogen) atoms. The lowest BCUT2D eigenvalue weighted by atomic mass is 10.1. The fourth-order valence-corrected chi connectivity index (χ4v) is 1.21. The van der Waals surface area contributed by atoms with Gasteiger partial charge in [-0.15, -0.1) is 0 Å². The van der Waals surface area contributed by atoms with Gasteiger partial charge in [-0.1, -0.05) is 24.3 Å². The molecule has 0 heterocycles. The molecule has 0 spiro atoms. The van der Waals surface area contributed by atoms with Gasteiger partial charge in [0, 0.05) is 6.54 Å². The smallest absolute Gasteiger partial charge is 0.319 e. The Balaban J connectivity index is 2.40. The van der Waals surface area contributed by atoms with Gasteiger partial charge in [0.2, 0.25) is 0 Å². The molecule has 0 atom stereocenters. The first-order chi connectivity index (χ1) is 7.95. The maximum atomic E-state index is 12.5. The fraction of sp³-hybridized carbons (Fsp3) is 0.455. The van der Waals surface area contributed by atoms with E-state index in [9.17, 15) is 17.6 Å². The van der Waals surface area contributed by atoms with Crippen molar-refractivity contribution in [2.75, 3.05) is 6.54 Å². The molecule has 0 aliphatic rings. The van der Waals surface area contributed by atoms with Crippen LogP contribution in [0.3, 0.4) is 0 Å². The maximum Gasteiger partial charge on any atom is 0.319 e. The zero-order valence-corrected chi connectivity index (χ0v) is 8.97. The molecule has 0 saturated heterocycles. The summed E-state index contributed by atoms with van der Waals surface area (Å²) < 4.78 is 48.7. The van der Waals surface area contributed by atoms with Crippen molar-refractivity contribution in [3.8, 4) is 0 Å². The van der Waals surface area contributed by atoms with Gasteiger partial charge in [0.1, 0.15) is 0 Å². The van der Waals surface area contributed by atoms with E-state index in [1.807, 2.05) is 0 Å². The Kier molecular flexibility index (Phi) is 4.89. The Labute approximate surface area is 96.3 Å². The lowest BCUT2D eigenvalue weighted by Gasteiger charge is -2.15. The van der Waals surface area contributed by atoms with Gasteiger partial charge >= 0.3 is 12.3 Å². The maximum absolute atomic E-state index is 12.5. The van der Waals surface area contributed by atoms with Gasteiger partial charge in [0.15, 0.2) is 0 Å². The van der Waals surface area contributed by atoms with E-state index < -0.39 is 18.9 Å². The minimum absolute atomic E-state index is 0.0774. The zero-order chi connectivity index (χ0) is 12.9. The van der Waals surface area contributed by atoms with Crippen LogP contribution in [-0.2, 0) is 13.2 Å². The second-order valence-corrected chi connectivity index (χ2v) is 3.64. The number of alkyl halides is 4. The number of hydrogen-bond donors (Lipinski definition) is 2. The number of hydrogen-bond acceptors (Lipinski definition) is 2. The van der Waals surface area contributed by atoms with Crippen molar-refractivity contribution in [1.82, 2.24) is 5.32 Å².